The van der Waals surface area contributed by atoms with Gasteiger partial charge in [-0.25, -0.2) is 0 Å². The highest BCUT2D eigenvalue weighted by Gasteiger charge is 2.16. The number of rotatable bonds is 12. The molecule has 2 N–H and O–H groups in total. The predicted molar refractivity (Wildman–Crippen MR) is 133 cm³/mol. The van der Waals surface area contributed by atoms with Gasteiger partial charge in [0.1, 0.15) is 0 Å². The lowest BCUT2D eigenvalue weighted by Crippen LogP contribution is -2.47. The summed E-state index contributed by atoms with van der Waals surface area (Å²) >= 11 is 3.57. The molecule has 8 heteroatoms. The van der Waals surface area contributed by atoms with Crippen LogP contribution in [0.25, 0.3) is 0 Å². The lowest BCUT2D eigenvalue weighted by molar-refractivity contribution is -0.384. The van der Waals surface area contributed by atoms with Crippen molar-refractivity contribution in [2.75, 3.05) is 52.4 Å². The fourth-order valence-corrected chi connectivity index (χ4v) is 4.60. The zero-order valence-electron chi connectivity index (χ0n) is 18.7. The summed E-state index contributed by atoms with van der Waals surface area (Å²) in [6.45, 7) is 10.1. The number of halogens is 1. The van der Waals surface area contributed by atoms with Crippen molar-refractivity contribution >= 4 is 21.6 Å². The second-order valence-corrected chi connectivity index (χ2v) is 9.36. The maximum absolute atomic E-state index is 10.9. The average Bonchev–Trinajstić information content (AvgIpc) is 2.79. The van der Waals surface area contributed by atoms with E-state index in [4.69, 9.17) is 5.73 Å². The highest BCUT2D eigenvalue weighted by molar-refractivity contribution is 9.10. The molecular formula is C24H34BrN5O2. The number of hydrogen-bond acceptors (Lipinski definition) is 6. The van der Waals surface area contributed by atoms with Gasteiger partial charge in [0, 0.05) is 62.4 Å². The van der Waals surface area contributed by atoms with Crippen LogP contribution >= 0.6 is 15.9 Å². The summed E-state index contributed by atoms with van der Waals surface area (Å²) in [4.78, 5) is 18.1. The third-order valence-corrected chi connectivity index (χ3v) is 6.43. The minimum absolute atomic E-state index is 0.137. The van der Waals surface area contributed by atoms with Gasteiger partial charge >= 0.3 is 0 Å². The molecule has 0 aromatic heterocycles. The van der Waals surface area contributed by atoms with E-state index < -0.39 is 0 Å². The van der Waals surface area contributed by atoms with E-state index in [1.54, 1.807) is 12.1 Å². The number of hydrogen-bond donors (Lipinski definition) is 1. The molecule has 1 saturated heterocycles. The average molecular weight is 504 g/mol. The number of benzene rings is 2. The van der Waals surface area contributed by atoms with Crippen LogP contribution in [0, 0.1) is 10.1 Å². The molecule has 0 atom stereocenters. The number of nitro benzene ring substituents is 1. The van der Waals surface area contributed by atoms with Crippen LogP contribution in [-0.4, -0.2) is 72.0 Å². The van der Waals surface area contributed by atoms with Gasteiger partial charge in [-0.3, -0.25) is 15.0 Å². The fraction of sp³-hybridized carbons (Fsp3) is 0.500. The molecule has 32 heavy (non-hydrogen) atoms. The molecule has 0 unspecified atom stereocenters. The molecule has 2 aromatic carbocycles. The van der Waals surface area contributed by atoms with Gasteiger partial charge in [-0.15, -0.1) is 0 Å². The highest BCUT2D eigenvalue weighted by Crippen LogP contribution is 2.18. The van der Waals surface area contributed by atoms with Crippen molar-refractivity contribution in [3.8, 4) is 0 Å². The standard InChI is InChI=1S/C24H34BrN5O2/c25-23-5-1-4-22(18-23)20-29(19-21-6-8-24(9-7-21)30(31)32)13-3-12-28-16-14-27(15-17-28)11-2-10-26/h1,4-9,18H,2-3,10-17,19-20,26H2. The highest BCUT2D eigenvalue weighted by atomic mass is 79.9. The molecule has 0 amide bonds. The van der Waals surface area contributed by atoms with E-state index in [1.165, 1.54) is 5.56 Å². The van der Waals surface area contributed by atoms with Crippen LogP contribution in [0.4, 0.5) is 5.69 Å². The summed E-state index contributed by atoms with van der Waals surface area (Å²) in [5.41, 5.74) is 8.12. The van der Waals surface area contributed by atoms with Crippen molar-refractivity contribution in [3.05, 3.63) is 74.2 Å². The molecule has 3 rings (SSSR count). The molecule has 7 nitrogen and oxygen atoms in total. The smallest absolute Gasteiger partial charge is 0.269 e. The first kappa shape index (κ1) is 24.8. The number of nitrogens with two attached hydrogens (primary N) is 1. The Labute approximate surface area is 199 Å². The third-order valence-electron chi connectivity index (χ3n) is 5.94. The molecular weight excluding hydrogens is 470 g/mol. The van der Waals surface area contributed by atoms with E-state index in [0.717, 1.165) is 88.3 Å². The minimum atomic E-state index is -0.348. The molecule has 0 aliphatic carbocycles. The third kappa shape index (κ3) is 8.26. The Balaban J connectivity index is 1.53. The Morgan fingerprint density at radius 1 is 0.938 bits per heavy atom. The molecule has 0 spiro atoms. The Kier molecular flexibility index (Phi) is 10.1. The van der Waals surface area contributed by atoms with Gasteiger partial charge in [-0.1, -0.05) is 40.2 Å². The second kappa shape index (κ2) is 13.0. The first-order valence-electron chi connectivity index (χ1n) is 11.4. The van der Waals surface area contributed by atoms with Crippen molar-refractivity contribution < 1.29 is 4.92 Å². The van der Waals surface area contributed by atoms with Crippen LogP contribution < -0.4 is 5.73 Å². The molecule has 1 aliphatic rings. The summed E-state index contributed by atoms with van der Waals surface area (Å²) in [5.74, 6) is 0. The van der Waals surface area contributed by atoms with E-state index in [1.807, 2.05) is 18.2 Å². The first-order valence-corrected chi connectivity index (χ1v) is 12.2. The van der Waals surface area contributed by atoms with Gasteiger partial charge in [-0.2, -0.15) is 0 Å². The van der Waals surface area contributed by atoms with E-state index in [-0.39, 0.29) is 10.6 Å². The van der Waals surface area contributed by atoms with Crippen molar-refractivity contribution in [2.24, 2.45) is 5.73 Å². The topological polar surface area (TPSA) is 78.9 Å². The van der Waals surface area contributed by atoms with Gasteiger partial charge in [0.05, 0.1) is 4.92 Å². The number of non-ortho nitro benzene ring substituents is 1. The van der Waals surface area contributed by atoms with Crippen molar-refractivity contribution in [1.29, 1.82) is 0 Å². The van der Waals surface area contributed by atoms with Gasteiger partial charge in [0.25, 0.3) is 5.69 Å². The van der Waals surface area contributed by atoms with E-state index in [9.17, 15) is 10.1 Å². The van der Waals surface area contributed by atoms with Crippen LogP contribution in [-0.2, 0) is 13.1 Å². The lowest BCUT2D eigenvalue weighted by Gasteiger charge is -2.35. The summed E-state index contributed by atoms with van der Waals surface area (Å²) in [6.07, 6.45) is 2.18. The second-order valence-electron chi connectivity index (χ2n) is 8.44. The molecule has 0 bridgehead atoms. The lowest BCUT2D eigenvalue weighted by atomic mass is 10.1. The van der Waals surface area contributed by atoms with E-state index in [2.05, 4.69) is 48.8 Å². The van der Waals surface area contributed by atoms with Gasteiger partial charge in [0.2, 0.25) is 0 Å². The Bertz CT molecular complexity index is 841. The molecule has 2 aromatic rings. The van der Waals surface area contributed by atoms with E-state index in [0.29, 0.717) is 0 Å². The molecule has 174 valence electrons. The Morgan fingerprint density at radius 3 is 2.16 bits per heavy atom. The molecule has 1 heterocycles. The predicted octanol–water partition coefficient (Wildman–Crippen LogP) is 3.72. The van der Waals surface area contributed by atoms with Crippen LogP contribution in [0.5, 0.6) is 0 Å². The normalized spacial score (nSPS) is 15.3. The van der Waals surface area contributed by atoms with Crippen LogP contribution in [0.1, 0.15) is 24.0 Å². The van der Waals surface area contributed by atoms with Crippen LogP contribution in [0.15, 0.2) is 53.0 Å². The van der Waals surface area contributed by atoms with Crippen molar-refractivity contribution in [3.63, 3.8) is 0 Å². The van der Waals surface area contributed by atoms with E-state index >= 15 is 0 Å². The van der Waals surface area contributed by atoms with Gasteiger partial charge in [0.15, 0.2) is 0 Å². The largest absolute Gasteiger partial charge is 0.330 e. The first-order chi connectivity index (χ1) is 15.5. The molecule has 0 radical (unpaired) electrons. The number of nitrogens with zero attached hydrogens (tertiary/aromatic N) is 4. The zero-order valence-corrected chi connectivity index (χ0v) is 20.3. The summed E-state index contributed by atoms with van der Waals surface area (Å²) in [7, 11) is 0. The number of nitro groups is 1. The summed E-state index contributed by atoms with van der Waals surface area (Å²) in [5, 5.41) is 10.9. The maximum atomic E-state index is 10.9. The number of piperazine rings is 1. The SMILES string of the molecule is NCCCN1CCN(CCCN(Cc2ccc([N+](=O)[O-])cc2)Cc2cccc(Br)c2)CC1. The molecule has 1 fully saturated rings. The van der Waals surface area contributed by atoms with Crippen molar-refractivity contribution in [2.45, 2.75) is 25.9 Å². The Morgan fingerprint density at radius 2 is 1.56 bits per heavy atom. The van der Waals surface area contributed by atoms with Gasteiger partial charge in [-0.05, 0) is 55.7 Å². The summed E-state index contributed by atoms with van der Waals surface area (Å²) in [6, 6.07) is 15.3. The Hall–Kier alpha value is -1.84. The van der Waals surface area contributed by atoms with Crippen LogP contribution in [0.2, 0.25) is 0 Å². The molecule has 0 saturated carbocycles. The monoisotopic (exact) mass is 503 g/mol. The summed E-state index contributed by atoms with van der Waals surface area (Å²) < 4.78 is 1.08. The quantitative estimate of drug-likeness (QED) is 0.351. The zero-order chi connectivity index (χ0) is 22.8. The van der Waals surface area contributed by atoms with Crippen molar-refractivity contribution in [1.82, 2.24) is 14.7 Å². The van der Waals surface area contributed by atoms with Crippen LogP contribution in [0.3, 0.4) is 0 Å². The molecule has 1 aliphatic heterocycles. The minimum Gasteiger partial charge on any atom is -0.330 e. The van der Waals surface area contributed by atoms with Gasteiger partial charge < -0.3 is 15.5 Å². The maximum Gasteiger partial charge on any atom is 0.269 e. The fourth-order valence-electron chi connectivity index (χ4n) is 4.16.